The summed E-state index contributed by atoms with van der Waals surface area (Å²) in [6.07, 6.45) is 2.23. The van der Waals surface area contributed by atoms with Gasteiger partial charge >= 0.3 is 0 Å². The Bertz CT molecular complexity index is 566. The van der Waals surface area contributed by atoms with Gasteiger partial charge in [-0.1, -0.05) is 64.5 Å². The first-order valence-electron chi connectivity index (χ1n) is 6.84. The van der Waals surface area contributed by atoms with Crippen molar-refractivity contribution in [1.29, 1.82) is 0 Å². The van der Waals surface area contributed by atoms with Gasteiger partial charge in [0.1, 0.15) is 18.0 Å². The van der Waals surface area contributed by atoms with Crippen molar-refractivity contribution in [3.05, 3.63) is 78.4 Å². The van der Waals surface area contributed by atoms with Crippen LogP contribution in [0.15, 0.2) is 67.3 Å². The molecule has 0 spiro atoms. The third-order valence-electron chi connectivity index (χ3n) is 3.34. The van der Waals surface area contributed by atoms with E-state index in [1.54, 1.807) is 6.08 Å². The highest BCUT2D eigenvalue weighted by Gasteiger charge is 2.26. The highest BCUT2D eigenvalue weighted by atomic mass is 79.9. The van der Waals surface area contributed by atoms with Gasteiger partial charge < -0.3 is 9.84 Å². The number of hydrogen-bond acceptors (Lipinski definition) is 2. The van der Waals surface area contributed by atoms with Crippen molar-refractivity contribution in [1.82, 2.24) is 0 Å². The molecule has 1 N–H and O–H groups in total. The van der Waals surface area contributed by atoms with Gasteiger partial charge in [-0.3, -0.25) is 0 Å². The standard InChI is InChI=1S/C18H19BrO2/c1-2-12-18(20,14-19)16-8-10-17(11-9-16)21-13-15-6-4-3-5-7-15/h2-11,20H,1,12-14H2. The van der Waals surface area contributed by atoms with Crippen LogP contribution in [0.2, 0.25) is 0 Å². The molecule has 1 atom stereocenters. The molecule has 2 aromatic rings. The van der Waals surface area contributed by atoms with Crippen LogP contribution in [0.3, 0.4) is 0 Å². The Morgan fingerprint density at radius 1 is 1.10 bits per heavy atom. The SMILES string of the molecule is C=CCC(O)(CBr)c1ccc(OCc2ccccc2)cc1. The van der Waals surface area contributed by atoms with Gasteiger partial charge in [0.15, 0.2) is 0 Å². The van der Waals surface area contributed by atoms with Crippen LogP contribution in [0.1, 0.15) is 17.5 Å². The molecule has 2 nitrogen and oxygen atoms in total. The molecule has 0 aromatic heterocycles. The van der Waals surface area contributed by atoms with Gasteiger partial charge in [-0.05, 0) is 29.7 Å². The Kier molecular flexibility index (Phi) is 5.59. The molecule has 3 heteroatoms. The Hall–Kier alpha value is -1.58. The molecule has 110 valence electrons. The number of hydrogen-bond donors (Lipinski definition) is 1. The summed E-state index contributed by atoms with van der Waals surface area (Å²) < 4.78 is 5.74. The summed E-state index contributed by atoms with van der Waals surface area (Å²) in [5, 5.41) is 11.0. The summed E-state index contributed by atoms with van der Waals surface area (Å²) in [7, 11) is 0. The van der Waals surface area contributed by atoms with Crippen LogP contribution in [0, 0.1) is 0 Å². The number of aliphatic hydroxyl groups is 1. The van der Waals surface area contributed by atoms with Crippen molar-refractivity contribution in [2.75, 3.05) is 5.33 Å². The molecule has 1 unspecified atom stereocenters. The summed E-state index contributed by atoms with van der Waals surface area (Å²) in [5.74, 6) is 0.790. The molecule has 0 radical (unpaired) electrons. The molecule has 2 rings (SSSR count). The first kappa shape index (κ1) is 15.8. The maximum atomic E-state index is 10.5. The van der Waals surface area contributed by atoms with E-state index in [2.05, 4.69) is 22.5 Å². The maximum absolute atomic E-state index is 10.5. The zero-order chi connectivity index (χ0) is 15.1. The van der Waals surface area contributed by atoms with Gasteiger partial charge in [-0.15, -0.1) is 6.58 Å². The zero-order valence-corrected chi connectivity index (χ0v) is 13.4. The fourth-order valence-electron chi connectivity index (χ4n) is 2.09. The fourth-order valence-corrected chi connectivity index (χ4v) is 2.64. The minimum Gasteiger partial charge on any atom is -0.489 e. The fraction of sp³-hybridized carbons (Fsp3) is 0.222. The van der Waals surface area contributed by atoms with E-state index >= 15 is 0 Å². The van der Waals surface area contributed by atoms with Gasteiger partial charge in [-0.2, -0.15) is 0 Å². The Morgan fingerprint density at radius 2 is 1.76 bits per heavy atom. The van der Waals surface area contributed by atoms with Gasteiger partial charge in [0.2, 0.25) is 0 Å². The lowest BCUT2D eigenvalue weighted by Crippen LogP contribution is -2.26. The van der Waals surface area contributed by atoms with Gasteiger partial charge in [0, 0.05) is 5.33 Å². The van der Waals surface area contributed by atoms with Crippen LogP contribution in [-0.2, 0) is 12.2 Å². The predicted octanol–water partition coefficient (Wildman–Crippen LogP) is 4.42. The van der Waals surface area contributed by atoms with E-state index in [1.807, 2.05) is 54.6 Å². The number of ether oxygens (including phenoxy) is 1. The molecule has 2 aromatic carbocycles. The summed E-state index contributed by atoms with van der Waals surface area (Å²) in [6, 6.07) is 17.6. The molecular formula is C18H19BrO2. The second kappa shape index (κ2) is 7.43. The number of benzene rings is 2. The van der Waals surface area contributed by atoms with E-state index in [0.29, 0.717) is 18.4 Å². The van der Waals surface area contributed by atoms with Gasteiger partial charge in [0.05, 0.1) is 0 Å². The van der Waals surface area contributed by atoms with Crippen LogP contribution < -0.4 is 4.74 Å². The first-order valence-corrected chi connectivity index (χ1v) is 7.96. The van der Waals surface area contributed by atoms with Crippen molar-refractivity contribution < 1.29 is 9.84 Å². The summed E-state index contributed by atoms with van der Waals surface area (Å²) in [4.78, 5) is 0. The summed E-state index contributed by atoms with van der Waals surface area (Å²) in [5.41, 5.74) is 1.07. The molecule has 0 saturated heterocycles. The smallest absolute Gasteiger partial charge is 0.119 e. The van der Waals surface area contributed by atoms with E-state index in [9.17, 15) is 5.11 Å². The Morgan fingerprint density at radius 3 is 2.33 bits per heavy atom. The Labute approximate surface area is 134 Å². The number of rotatable bonds is 7. The van der Waals surface area contributed by atoms with E-state index in [1.165, 1.54) is 0 Å². The van der Waals surface area contributed by atoms with Gasteiger partial charge in [-0.25, -0.2) is 0 Å². The maximum Gasteiger partial charge on any atom is 0.119 e. The van der Waals surface area contributed by atoms with Crippen LogP contribution in [0.4, 0.5) is 0 Å². The summed E-state index contributed by atoms with van der Waals surface area (Å²) in [6.45, 7) is 4.23. The third kappa shape index (κ3) is 4.19. The Balaban J connectivity index is 2.03. The van der Waals surface area contributed by atoms with Crippen LogP contribution in [-0.4, -0.2) is 10.4 Å². The summed E-state index contributed by atoms with van der Waals surface area (Å²) >= 11 is 3.36. The van der Waals surface area contributed by atoms with Crippen molar-refractivity contribution in [3.8, 4) is 5.75 Å². The van der Waals surface area contributed by atoms with Gasteiger partial charge in [0.25, 0.3) is 0 Å². The average molecular weight is 347 g/mol. The van der Waals surface area contributed by atoms with Crippen LogP contribution in [0.5, 0.6) is 5.75 Å². The quantitative estimate of drug-likeness (QED) is 0.593. The lowest BCUT2D eigenvalue weighted by molar-refractivity contribution is 0.0672. The molecule has 0 amide bonds. The highest BCUT2D eigenvalue weighted by Crippen LogP contribution is 2.29. The minimum atomic E-state index is -0.917. The van der Waals surface area contributed by atoms with Crippen LogP contribution >= 0.6 is 15.9 Å². The molecule has 21 heavy (non-hydrogen) atoms. The average Bonchev–Trinajstić information content (AvgIpc) is 2.54. The van der Waals surface area contributed by atoms with Crippen molar-refractivity contribution in [2.24, 2.45) is 0 Å². The number of alkyl halides is 1. The van der Waals surface area contributed by atoms with E-state index < -0.39 is 5.60 Å². The lowest BCUT2D eigenvalue weighted by atomic mass is 9.92. The third-order valence-corrected chi connectivity index (χ3v) is 4.27. The van der Waals surface area contributed by atoms with E-state index in [-0.39, 0.29) is 0 Å². The first-order chi connectivity index (χ1) is 10.2. The second-order valence-corrected chi connectivity index (χ2v) is 5.52. The molecule has 0 aliphatic heterocycles. The minimum absolute atomic E-state index is 0.468. The second-order valence-electron chi connectivity index (χ2n) is 4.96. The topological polar surface area (TPSA) is 29.5 Å². The van der Waals surface area contributed by atoms with E-state index in [0.717, 1.165) is 16.9 Å². The monoisotopic (exact) mass is 346 g/mol. The zero-order valence-electron chi connectivity index (χ0n) is 11.8. The van der Waals surface area contributed by atoms with Crippen LogP contribution in [0.25, 0.3) is 0 Å². The molecule has 0 bridgehead atoms. The lowest BCUT2D eigenvalue weighted by Gasteiger charge is -2.25. The molecular weight excluding hydrogens is 328 g/mol. The number of halogens is 1. The molecule has 0 aliphatic carbocycles. The highest BCUT2D eigenvalue weighted by molar-refractivity contribution is 9.09. The largest absolute Gasteiger partial charge is 0.489 e. The molecule has 0 saturated carbocycles. The van der Waals surface area contributed by atoms with Crippen molar-refractivity contribution in [3.63, 3.8) is 0 Å². The molecule has 0 fully saturated rings. The van der Waals surface area contributed by atoms with Crippen molar-refractivity contribution in [2.45, 2.75) is 18.6 Å². The van der Waals surface area contributed by atoms with Crippen molar-refractivity contribution >= 4 is 15.9 Å². The molecule has 0 heterocycles. The normalized spacial score (nSPS) is 13.4. The van der Waals surface area contributed by atoms with E-state index in [4.69, 9.17) is 4.74 Å². The molecule has 0 aliphatic rings. The predicted molar refractivity (Wildman–Crippen MR) is 89.7 cm³/mol.